The summed E-state index contributed by atoms with van der Waals surface area (Å²) >= 11 is 6.21. The van der Waals surface area contributed by atoms with E-state index < -0.39 is 0 Å². The maximum Gasteiger partial charge on any atom is 0.196 e. The monoisotopic (exact) mass is 404 g/mol. The van der Waals surface area contributed by atoms with Crippen LogP contribution in [0.15, 0.2) is 70.0 Å². The van der Waals surface area contributed by atoms with Crippen LogP contribution in [0.4, 0.5) is 5.69 Å². The van der Waals surface area contributed by atoms with E-state index in [-0.39, 0.29) is 11.5 Å². The van der Waals surface area contributed by atoms with Gasteiger partial charge in [-0.2, -0.15) is 0 Å². The van der Waals surface area contributed by atoms with Gasteiger partial charge in [0, 0.05) is 22.9 Å². The smallest absolute Gasteiger partial charge is 0.196 e. The van der Waals surface area contributed by atoms with Crippen molar-refractivity contribution in [2.45, 2.75) is 26.8 Å². The molecule has 0 aliphatic carbocycles. The summed E-state index contributed by atoms with van der Waals surface area (Å²) in [4.78, 5) is 17.3. The lowest BCUT2D eigenvalue weighted by molar-refractivity contribution is 0.605. The Morgan fingerprint density at radius 2 is 1.83 bits per heavy atom. The fraction of sp³-hybridized carbons (Fsp3) is 0.167. The first-order valence-electron chi connectivity index (χ1n) is 9.46. The molecule has 0 amide bonds. The van der Waals surface area contributed by atoms with Gasteiger partial charge in [-0.3, -0.25) is 4.79 Å². The van der Waals surface area contributed by atoms with E-state index in [2.05, 4.69) is 10.3 Å². The van der Waals surface area contributed by atoms with E-state index in [0.29, 0.717) is 27.4 Å². The third-order valence-corrected chi connectivity index (χ3v) is 5.33. The minimum absolute atomic E-state index is 0.0123. The number of hydrogen-bond donors (Lipinski definition) is 1. The lowest BCUT2D eigenvalue weighted by Crippen LogP contribution is -2.12. The molecule has 1 unspecified atom stereocenters. The van der Waals surface area contributed by atoms with Crippen LogP contribution in [-0.2, 0) is 0 Å². The largest absolute Gasteiger partial charge is 0.455 e. The molecule has 2 heterocycles. The maximum atomic E-state index is 13.2. The zero-order valence-corrected chi connectivity index (χ0v) is 17.2. The molecule has 4 aromatic rings. The van der Waals surface area contributed by atoms with Gasteiger partial charge in [-0.25, -0.2) is 4.98 Å². The Morgan fingerprint density at radius 1 is 1.07 bits per heavy atom. The molecular formula is C24H21ClN2O2. The summed E-state index contributed by atoms with van der Waals surface area (Å²) in [7, 11) is 0. The number of benzene rings is 2. The Morgan fingerprint density at radius 3 is 2.55 bits per heavy atom. The van der Waals surface area contributed by atoms with Crippen LogP contribution < -0.4 is 10.7 Å². The molecule has 0 aliphatic heterocycles. The van der Waals surface area contributed by atoms with Crippen molar-refractivity contribution in [1.29, 1.82) is 0 Å². The first-order chi connectivity index (χ1) is 14.0. The highest BCUT2D eigenvalue weighted by molar-refractivity contribution is 6.31. The maximum absolute atomic E-state index is 13.2. The van der Waals surface area contributed by atoms with E-state index in [4.69, 9.17) is 16.0 Å². The van der Waals surface area contributed by atoms with Crippen LogP contribution in [0, 0.1) is 13.8 Å². The molecular weight excluding hydrogens is 384 g/mol. The number of rotatable bonds is 4. The van der Waals surface area contributed by atoms with E-state index in [1.165, 1.54) is 0 Å². The van der Waals surface area contributed by atoms with Crippen molar-refractivity contribution in [2.75, 3.05) is 5.32 Å². The zero-order chi connectivity index (χ0) is 20.5. The highest BCUT2D eigenvalue weighted by Gasteiger charge is 2.19. The lowest BCUT2D eigenvalue weighted by atomic mass is 9.99. The molecule has 29 heavy (non-hydrogen) atoms. The Bertz CT molecular complexity index is 1250. The van der Waals surface area contributed by atoms with Crippen molar-refractivity contribution in [1.82, 2.24) is 4.98 Å². The van der Waals surface area contributed by atoms with Crippen molar-refractivity contribution in [2.24, 2.45) is 0 Å². The van der Waals surface area contributed by atoms with Gasteiger partial charge in [-0.15, -0.1) is 0 Å². The summed E-state index contributed by atoms with van der Waals surface area (Å²) in [6, 6.07) is 17.2. The molecule has 0 spiro atoms. The topological polar surface area (TPSA) is 55.1 Å². The van der Waals surface area contributed by atoms with Crippen LogP contribution in [-0.4, -0.2) is 4.98 Å². The minimum atomic E-state index is -0.145. The second kappa shape index (κ2) is 7.72. The van der Waals surface area contributed by atoms with E-state index in [1.54, 1.807) is 6.20 Å². The van der Waals surface area contributed by atoms with Crippen LogP contribution in [0.1, 0.15) is 29.7 Å². The van der Waals surface area contributed by atoms with Gasteiger partial charge in [-0.05, 0) is 44.5 Å². The third-order valence-electron chi connectivity index (χ3n) is 5.03. The number of anilines is 1. The lowest BCUT2D eigenvalue weighted by Gasteiger charge is -2.19. The molecule has 1 atom stereocenters. The molecule has 0 saturated carbocycles. The average molecular weight is 405 g/mol. The van der Waals surface area contributed by atoms with Gasteiger partial charge in [0.05, 0.1) is 17.1 Å². The number of aromatic nitrogens is 1. The molecule has 1 N–H and O–H groups in total. The molecule has 4 rings (SSSR count). The number of nitrogens with zero attached hydrogens (tertiary/aromatic N) is 1. The van der Waals surface area contributed by atoms with Crippen LogP contribution in [0.3, 0.4) is 0 Å². The van der Waals surface area contributed by atoms with E-state index in [0.717, 1.165) is 22.4 Å². The van der Waals surface area contributed by atoms with Gasteiger partial charge >= 0.3 is 0 Å². The predicted octanol–water partition coefficient (Wildman–Crippen LogP) is 6.30. The van der Waals surface area contributed by atoms with Crippen LogP contribution in [0.2, 0.25) is 5.15 Å². The van der Waals surface area contributed by atoms with E-state index >= 15 is 0 Å². The van der Waals surface area contributed by atoms with E-state index in [1.807, 2.05) is 75.4 Å². The van der Waals surface area contributed by atoms with Gasteiger partial charge in [-0.1, -0.05) is 48.0 Å². The number of nitrogens with one attached hydrogen (secondary N) is 1. The molecule has 2 aromatic heterocycles. The SMILES string of the molecule is Cc1cc(C(C)Nc2cccnc2Cl)c2oc(-c3ccccc3)c(C)c(=O)c2c1. The quantitative estimate of drug-likeness (QED) is 0.405. The Kier molecular flexibility index (Phi) is 5.12. The number of pyridine rings is 1. The molecule has 0 aliphatic rings. The number of aryl methyl sites for hydroxylation is 1. The second-order valence-electron chi connectivity index (χ2n) is 7.19. The summed E-state index contributed by atoms with van der Waals surface area (Å²) in [5.41, 5.74) is 4.69. The van der Waals surface area contributed by atoms with Gasteiger partial charge in [0.25, 0.3) is 0 Å². The summed E-state index contributed by atoms with van der Waals surface area (Å²) in [5.74, 6) is 0.597. The van der Waals surface area contributed by atoms with Gasteiger partial charge in [0.2, 0.25) is 0 Å². The van der Waals surface area contributed by atoms with Crippen molar-refractivity contribution in [3.05, 3.63) is 92.9 Å². The Balaban J connectivity index is 1.91. The standard InChI is InChI=1S/C24H21ClN2O2/c1-14-12-18(16(3)27-20-10-7-11-26-24(20)25)23-19(13-14)21(28)15(2)22(29-23)17-8-5-4-6-9-17/h4-13,16,27H,1-3H3. The van der Waals surface area contributed by atoms with Gasteiger partial charge in [0.1, 0.15) is 11.3 Å². The zero-order valence-electron chi connectivity index (χ0n) is 16.5. The summed E-state index contributed by atoms with van der Waals surface area (Å²) in [6.45, 7) is 5.80. The molecule has 4 nitrogen and oxygen atoms in total. The number of hydrogen-bond acceptors (Lipinski definition) is 4. The van der Waals surface area contributed by atoms with Crippen LogP contribution >= 0.6 is 11.6 Å². The molecule has 0 fully saturated rings. The van der Waals surface area contributed by atoms with Crippen molar-refractivity contribution >= 4 is 28.3 Å². The summed E-state index contributed by atoms with van der Waals surface area (Å²) < 4.78 is 6.35. The Labute approximate surface area is 174 Å². The molecule has 0 saturated heterocycles. The third kappa shape index (κ3) is 3.64. The number of halogens is 1. The molecule has 0 bridgehead atoms. The molecule has 5 heteroatoms. The van der Waals surface area contributed by atoms with Crippen molar-refractivity contribution < 1.29 is 4.42 Å². The molecule has 0 radical (unpaired) electrons. The van der Waals surface area contributed by atoms with Gasteiger partial charge < -0.3 is 9.73 Å². The summed E-state index contributed by atoms with van der Waals surface area (Å²) in [5, 5.41) is 4.37. The fourth-order valence-corrected chi connectivity index (χ4v) is 3.73. The second-order valence-corrected chi connectivity index (χ2v) is 7.55. The van der Waals surface area contributed by atoms with Crippen LogP contribution in [0.25, 0.3) is 22.3 Å². The molecule has 146 valence electrons. The predicted molar refractivity (Wildman–Crippen MR) is 119 cm³/mol. The van der Waals surface area contributed by atoms with Gasteiger partial charge in [0.15, 0.2) is 10.6 Å². The Hall–Kier alpha value is -3.11. The molecule has 2 aromatic carbocycles. The average Bonchev–Trinajstić information content (AvgIpc) is 2.72. The first kappa shape index (κ1) is 19.2. The summed E-state index contributed by atoms with van der Waals surface area (Å²) in [6.07, 6.45) is 1.65. The highest BCUT2D eigenvalue weighted by Crippen LogP contribution is 2.32. The van der Waals surface area contributed by atoms with Crippen molar-refractivity contribution in [3.8, 4) is 11.3 Å². The normalized spacial score (nSPS) is 12.1. The van der Waals surface area contributed by atoms with E-state index in [9.17, 15) is 4.79 Å². The number of fused-ring (bicyclic) bond motifs is 1. The van der Waals surface area contributed by atoms with Crippen LogP contribution in [0.5, 0.6) is 0 Å². The highest BCUT2D eigenvalue weighted by atomic mass is 35.5. The first-order valence-corrected chi connectivity index (χ1v) is 9.84. The minimum Gasteiger partial charge on any atom is -0.455 e. The van der Waals surface area contributed by atoms with Crippen molar-refractivity contribution in [3.63, 3.8) is 0 Å². The fourth-order valence-electron chi connectivity index (χ4n) is 3.56.